The standard InChI is InChI=1S/C9H20O3S/c1-6-9(7(2)3,8(4)5)13(10,11)12/h7-8H,6H2,1-5H3,(H,10,11,12). The van der Waals surface area contributed by atoms with Gasteiger partial charge in [-0.15, -0.1) is 0 Å². The van der Waals surface area contributed by atoms with Crippen LogP contribution in [-0.4, -0.2) is 17.7 Å². The number of hydrogen-bond acceptors (Lipinski definition) is 2. The molecule has 1 N–H and O–H groups in total. The molecule has 0 rings (SSSR count). The van der Waals surface area contributed by atoms with Crippen LogP contribution in [0.1, 0.15) is 41.0 Å². The third kappa shape index (κ3) is 2.05. The zero-order valence-electron chi connectivity index (χ0n) is 9.03. The van der Waals surface area contributed by atoms with Crippen LogP contribution in [0.5, 0.6) is 0 Å². The lowest BCUT2D eigenvalue weighted by molar-refractivity contribution is 0.277. The van der Waals surface area contributed by atoms with Crippen LogP contribution in [0.25, 0.3) is 0 Å². The summed E-state index contributed by atoms with van der Waals surface area (Å²) >= 11 is 0. The Labute approximate surface area is 81.3 Å². The predicted octanol–water partition coefficient (Wildman–Crippen LogP) is 2.33. The van der Waals surface area contributed by atoms with Crippen LogP contribution in [0.4, 0.5) is 0 Å². The summed E-state index contributed by atoms with van der Waals surface area (Å²) in [4.78, 5) is 0. The van der Waals surface area contributed by atoms with Gasteiger partial charge >= 0.3 is 0 Å². The van der Waals surface area contributed by atoms with Crippen molar-refractivity contribution in [1.82, 2.24) is 0 Å². The first kappa shape index (κ1) is 12.9. The normalized spacial score (nSPS) is 14.2. The zero-order valence-corrected chi connectivity index (χ0v) is 9.85. The maximum Gasteiger partial charge on any atom is 0.271 e. The average molecular weight is 208 g/mol. The molecule has 0 radical (unpaired) electrons. The fourth-order valence-corrected chi connectivity index (χ4v) is 3.82. The minimum atomic E-state index is -3.98. The summed E-state index contributed by atoms with van der Waals surface area (Å²) in [5.74, 6) is -0.153. The highest BCUT2D eigenvalue weighted by molar-refractivity contribution is 7.87. The van der Waals surface area contributed by atoms with Gasteiger partial charge in [0.1, 0.15) is 4.75 Å². The maximum atomic E-state index is 11.3. The quantitative estimate of drug-likeness (QED) is 0.721. The minimum absolute atomic E-state index is 0.0764. The second kappa shape index (κ2) is 3.96. The Morgan fingerprint density at radius 3 is 1.46 bits per heavy atom. The van der Waals surface area contributed by atoms with Gasteiger partial charge < -0.3 is 0 Å². The van der Waals surface area contributed by atoms with Gasteiger partial charge in [-0.2, -0.15) is 8.42 Å². The molecule has 0 aromatic rings. The van der Waals surface area contributed by atoms with Crippen molar-refractivity contribution in [3.63, 3.8) is 0 Å². The highest BCUT2D eigenvalue weighted by Gasteiger charge is 2.46. The van der Waals surface area contributed by atoms with Gasteiger partial charge in [0, 0.05) is 0 Å². The Morgan fingerprint density at radius 2 is 1.46 bits per heavy atom. The highest BCUT2D eigenvalue weighted by Crippen LogP contribution is 2.36. The topological polar surface area (TPSA) is 54.4 Å². The summed E-state index contributed by atoms with van der Waals surface area (Å²) < 4.78 is 30.9. The molecule has 0 fully saturated rings. The molecular formula is C9H20O3S. The fraction of sp³-hybridized carbons (Fsp3) is 1.00. The minimum Gasteiger partial charge on any atom is -0.285 e. The third-order valence-corrected chi connectivity index (χ3v) is 5.18. The second-order valence-corrected chi connectivity index (χ2v) is 5.80. The van der Waals surface area contributed by atoms with Gasteiger partial charge in [-0.05, 0) is 18.3 Å². The molecule has 0 aliphatic heterocycles. The van der Waals surface area contributed by atoms with Gasteiger partial charge in [0.15, 0.2) is 0 Å². The van der Waals surface area contributed by atoms with Crippen molar-refractivity contribution in [3.8, 4) is 0 Å². The van der Waals surface area contributed by atoms with E-state index in [4.69, 9.17) is 0 Å². The molecular weight excluding hydrogens is 188 g/mol. The van der Waals surface area contributed by atoms with Crippen molar-refractivity contribution in [2.75, 3.05) is 0 Å². The Hall–Kier alpha value is -0.0900. The third-order valence-electron chi connectivity index (χ3n) is 2.99. The molecule has 0 aliphatic carbocycles. The van der Waals surface area contributed by atoms with Crippen molar-refractivity contribution in [2.24, 2.45) is 11.8 Å². The first-order valence-electron chi connectivity index (χ1n) is 4.67. The fourth-order valence-electron chi connectivity index (χ4n) is 2.26. The molecule has 4 heteroatoms. The van der Waals surface area contributed by atoms with E-state index in [9.17, 15) is 13.0 Å². The molecule has 3 nitrogen and oxygen atoms in total. The lowest BCUT2D eigenvalue weighted by atomic mass is 9.82. The summed E-state index contributed by atoms with van der Waals surface area (Å²) in [6.07, 6.45) is 0.446. The Morgan fingerprint density at radius 1 is 1.15 bits per heavy atom. The average Bonchev–Trinajstić information content (AvgIpc) is 1.83. The zero-order chi connectivity index (χ0) is 10.9. The monoisotopic (exact) mass is 208 g/mol. The maximum absolute atomic E-state index is 11.3. The predicted molar refractivity (Wildman–Crippen MR) is 54.2 cm³/mol. The Balaban J connectivity index is 5.39. The van der Waals surface area contributed by atoms with E-state index in [0.717, 1.165) is 0 Å². The van der Waals surface area contributed by atoms with Crippen molar-refractivity contribution >= 4 is 10.1 Å². The summed E-state index contributed by atoms with van der Waals surface area (Å²) in [5.41, 5.74) is 0. The van der Waals surface area contributed by atoms with Gasteiger partial charge in [-0.3, -0.25) is 4.55 Å². The van der Waals surface area contributed by atoms with Crippen molar-refractivity contribution in [3.05, 3.63) is 0 Å². The van der Waals surface area contributed by atoms with E-state index >= 15 is 0 Å². The lowest BCUT2D eigenvalue weighted by Crippen LogP contribution is -2.47. The lowest BCUT2D eigenvalue weighted by Gasteiger charge is -2.37. The van der Waals surface area contributed by atoms with E-state index in [2.05, 4.69) is 0 Å². The van der Waals surface area contributed by atoms with Crippen LogP contribution in [0.15, 0.2) is 0 Å². The molecule has 0 saturated heterocycles. The molecule has 0 aromatic heterocycles. The van der Waals surface area contributed by atoms with Crippen LogP contribution in [0.3, 0.4) is 0 Å². The number of rotatable bonds is 4. The molecule has 0 saturated carbocycles. The molecule has 0 unspecified atom stereocenters. The van der Waals surface area contributed by atoms with Crippen LogP contribution < -0.4 is 0 Å². The summed E-state index contributed by atoms with van der Waals surface area (Å²) in [6, 6.07) is 0. The van der Waals surface area contributed by atoms with Gasteiger partial charge in [-0.25, -0.2) is 0 Å². The summed E-state index contributed by atoms with van der Waals surface area (Å²) in [7, 11) is -3.98. The highest BCUT2D eigenvalue weighted by atomic mass is 32.2. The van der Waals surface area contributed by atoms with Gasteiger partial charge in [0.05, 0.1) is 0 Å². The first-order valence-corrected chi connectivity index (χ1v) is 6.11. The van der Waals surface area contributed by atoms with Gasteiger partial charge in [0.2, 0.25) is 0 Å². The molecule has 0 spiro atoms. The van der Waals surface area contributed by atoms with Crippen LogP contribution in [0.2, 0.25) is 0 Å². The smallest absolute Gasteiger partial charge is 0.271 e. The van der Waals surface area contributed by atoms with Crippen molar-refractivity contribution in [2.45, 2.75) is 45.8 Å². The summed E-state index contributed by atoms with van der Waals surface area (Å²) in [5, 5.41) is 0. The van der Waals surface area contributed by atoms with Crippen molar-refractivity contribution < 1.29 is 13.0 Å². The van der Waals surface area contributed by atoms with E-state index in [0.29, 0.717) is 6.42 Å². The molecule has 13 heavy (non-hydrogen) atoms. The Bertz CT molecular complexity index is 244. The molecule has 0 atom stereocenters. The van der Waals surface area contributed by atoms with Crippen LogP contribution in [0, 0.1) is 11.8 Å². The molecule has 0 bridgehead atoms. The first-order chi connectivity index (χ1) is 5.70. The second-order valence-electron chi connectivity index (χ2n) is 4.09. The van der Waals surface area contributed by atoms with E-state index in [-0.39, 0.29) is 11.8 Å². The van der Waals surface area contributed by atoms with Crippen LogP contribution in [-0.2, 0) is 10.1 Å². The largest absolute Gasteiger partial charge is 0.285 e. The van der Waals surface area contributed by atoms with Gasteiger partial charge in [0.25, 0.3) is 10.1 Å². The van der Waals surface area contributed by atoms with E-state index in [1.165, 1.54) is 0 Å². The molecule has 0 heterocycles. The van der Waals surface area contributed by atoms with E-state index < -0.39 is 14.9 Å². The van der Waals surface area contributed by atoms with Crippen molar-refractivity contribution in [1.29, 1.82) is 0 Å². The van der Waals surface area contributed by atoms with E-state index in [1.54, 1.807) is 6.92 Å². The SMILES string of the molecule is CCC(C(C)C)(C(C)C)S(=O)(=O)O. The molecule has 0 aromatic carbocycles. The summed E-state index contributed by atoms with van der Waals surface area (Å²) in [6.45, 7) is 9.12. The molecule has 0 aliphatic rings. The molecule has 80 valence electrons. The van der Waals surface area contributed by atoms with Gasteiger partial charge in [-0.1, -0.05) is 34.6 Å². The molecule has 0 amide bonds. The van der Waals surface area contributed by atoms with E-state index in [1.807, 2.05) is 27.7 Å². The number of hydrogen-bond donors (Lipinski definition) is 1. The Kier molecular flexibility index (Phi) is 3.94. The van der Waals surface area contributed by atoms with Crippen LogP contribution >= 0.6 is 0 Å².